The summed E-state index contributed by atoms with van der Waals surface area (Å²) in [6.45, 7) is -0.434. The first kappa shape index (κ1) is 22.1. The van der Waals surface area contributed by atoms with Crippen molar-refractivity contribution in [1.82, 2.24) is 14.0 Å². The van der Waals surface area contributed by atoms with E-state index < -0.39 is 18.2 Å². The Kier molecular flexibility index (Phi) is 5.63. The van der Waals surface area contributed by atoms with Crippen molar-refractivity contribution in [2.24, 2.45) is 11.8 Å². The van der Waals surface area contributed by atoms with Crippen LogP contribution in [0.1, 0.15) is 76.7 Å². The Balaban J connectivity index is 1.35. The highest BCUT2D eigenvalue weighted by atomic mass is 16.4. The topological polar surface area (TPSA) is 84.5 Å². The number of aromatic nitrogens is 2. The molecule has 7 nitrogen and oxygen atoms in total. The molecule has 182 valence electrons. The number of aliphatic carboxylic acids is 1. The minimum atomic E-state index is -1.08. The van der Waals surface area contributed by atoms with Gasteiger partial charge in [-0.2, -0.15) is 0 Å². The lowest BCUT2D eigenvalue weighted by Gasteiger charge is -2.55. The van der Waals surface area contributed by atoms with E-state index in [1.54, 1.807) is 24.3 Å². The quantitative estimate of drug-likeness (QED) is 0.743. The van der Waals surface area contributed by atoms with Gasteiger partial charge in [0.1, 0.15) is 6.54 Å². The third kappa shape index (κ3) is 3.72. The maximum Gasteiger partial charge on any atom is 0.332 e. The molecule has 4 fully saturated rings. The first-order chi connectivity index (χ1) is 16.5. The van der Waals surface area contributed by atoms with Gasteiger partial charge >= 0.3 is 11.7 Å². The summed E-state index contributed by atoms with van der Waals surface area (Å²) in [5, 5.41) is 9.87. The van der Waals surface area contributed by atoms with Crippen molar-refractivity contribution < 1.29 is 9.90 Å². The summed E-state index contributed by atoms with van der Waals surface area (Å²) in [7, 11) is 0. The van der Waals surface area contributed by atoms with Crippen LogP contribution in [0.25, 0.3) is 10.9 Å². The highest BCUT2D eigenvalue weighted by molar-refractivity contribution is 5.79. The first-order valence-electron chi connectivity index (χ1n) is 13.2. The molecular weight excluding hydrogens is 430 g/mol. The van der Waals surface area contributed by atoms with E-state index in [0.717, 1.165) is 37.5 Å². The van der Waals surface area contributed by atoms with Crippen LogP contribution in [0.2, 0.25) is 0 Å². The SMILES string of the molecule is O=C(O)Cn1c(=O)n([C@H]2C[C@H]3CCC[C@@H](C2)N3C2C[C@H]3CCC[C@@H](C2)C3)c(=O)c2ccccc21. The lowest BCUT2D eigenvalue weighted by molar-refractivity contribution is -0.137. The number of nitrogens with zero attached hydrogens (tertiary/aromatic N) is 3. The number of rotatable bonds is 4. The maximum atomic E-state index is 13.5. The zero-order valence-electron chi connectivity index (χ0n) is 19.8. The number of para-hydroxylation sites is 1. The molecule has 0 spiro atoms. The van der Waals surface area contributed by atoms with Gasteiger partial charge in [-0.1, -0.05) is 37.8 Å². The molecule has 2 aromatic rings. The van der Waals surface area contributed by atoms with Crippen LogP contribution in [-0.2, 0) is 11.3 Å². The summed E-state index contributed by atoms with van der Waals surface area (Å²) < 4.78 is 2.67. The average molecular weight is 466 g/mol. The smallest absolute Gasteiger partial charge is 0.332 e. The van der Waals surface area contributed by atoms with Crippen molar-refractivity contribution in [3.05, 3.63) is 45.1 Å². The molecule has 0 radical (unpaired) electrons. The Bertz CT molecular complexity index is 1190. The van der Waals surface area contributed by atoms with Gasteiger partial charge in [0.25, 0.3) is 5.56 Å². The van der Waals surface area contributed by atoms with Gasteiger partial charge in [-0.15, -0.1) is 0 Å². The van der Waals surface area contributed by atoms with Gasteiger partial charge in [0, 0.05) is 24.2 Å². The van der Waals surface area contributed by atoms with Crippen LogP contribution >= 0.6 is 0 Å². The number of fused-ring (bicyclic) bond motifs is 5. The second kappa shape index (κ2) is 8.67. The van der Waals surface area contributed by atoms with Crippen molar-refractivity contribution in [1.29, 1.82) is 0 Å². The van der Waals surface area contributed by atoms with Crippen LogP contribution in [0.3, 0.4) is 0 Å². The molecule has 1 aromatic carbocycles. The van der Waals surface area contributed by atoms with Crippen LogP contribution in [0.5, 0.6) is 0 Å². The average Bonchev–Trinajstić information content (AvgIpc) is 2.81. The van der Waals surface area contributed by atoms with E-state index in [1.807, 2.05) is 0 Å². The number of hydrogen-bond donors (Lipinski definition) is 1. The minimum absolute atomic E-state index is 0.167. The fourth-order valence-electron chi connectivity index (χ4n) is 8.09. The van der Waals surface area contributed by atoms with Gasteiger partial charge in [-0.05, 0) is 68.9 Å². The van der Waals surface area contributed by atoms with Gasteiger partial charge in [0.15, 0.2) is 0 Å². The van der Waals surface area contributed by atoms with Crippen LogP contribution in [0.4, 0.5) is 0 Å². The standard InChI is InChI=1S/C27H35N3O4/c31-25(32)16-28-24-10-2-1-9-23(24)26(33)30(27(28)34)22-14-19-7-4-8-20(15-22)29(19)21-12-17-5-3-6-18(11-17)13-21/h1-2,9-10,17-22H,3-8,11-16H2,(H,31,32)/t17-,18+,19-,20+,21?,22+. The number of hydrogen-bond acceptors (Lipinski definition) is 4. The molecule has 6 atom stereocenters. The molecule has 1 unspecified atom stereocenters. The van der Waals surface area contributed by atoms with E-state index in [4.69, 9.17) is 0 Å². The van der Waals surface area contributed by atoms with Crippen LogP contribution in [0, 0.1) is 11.8 Å². The Morgan fingerprint density at radius 3 is 2.15 bits per heavy atom. The summed E-state index contributed by atoms with van der Waals surface area (Å²) in [5.74, 6) is 0.677. The predicted octanol–water partition coefficient (Wildman–Crippen LogP) is 3.77. The number of carbonyl (C=O) groups is 1. The molecule has 0 amide bonds. The van der Waals surface area contributed by atoms with Gasteiger partial charge in [0.05, 0.1) is 10.9 Å². The number of piperidine rings is 2. The lowest BCUT2D eigenvalue weighted by atomic mass is 9.68. The van der Waals surface area contributed by atoms with Crippen molar-refractivity contribution >= 4 is 16.9 Å². The van der Waals surface area contributed by atoms with Gasteiger partial charge < -0.3 is 5.11 Å². The van der Waals surface area contributed by atoms with Crippen LogP contribution in [0.15, 0.2) is 33.9 Å². The van der Waals surface area contributed by atoms with Crippen LogP contribution < -0.4 is 11.2 Å². The van der Waals surface area contributed by atoms with E-state index in [1.165, 1.54) is 54.1 Å². The van der Waals surface area contributed by atoms with Gasteiger partial charge in [-0.25, -0.2) is 4.79 Å². The normalized spacial score (nSPS) is 33.6. The van der Waals surface area contributed by atoms with Crippen molar-refractivity contribution in [2.75, 3.05) is 0 Å². The Morgan fingerprint density at radius 1 is 0.824 bits per heavy atom. The third-order valence-electron chi connectivity index (χ3n) is 9.27. The predicted molar refractivity (Wildman–Crippen MR) is 130 cm³/mol. The molecule has 4 aliphatic rings. The molecule has 7 heteroatoms. The Hall–Kier alpha value is -2.41. The summed E-state index contributed by atoms with van der Waals surface area (Å²) in [4.78, 5) is 41.4. The molecular formula is C27H35N3O4. The van der Waals surface area contributed by atoms with Crippen molar-refractivity contribution in [3.8, 4) is 0 Å². The molecule has 2 aliphatic carbocycles. The highest BCUT2D eigenvalue weighted by Gasteiger charge is 2.45. The minimum Gasteiger partial charge on any atom is -0.480 e. The second-order valence-corrected chi connectivity index (χ2v) is 11.3. The second-order valence-electron chi connectivity index (χ2n) is 11.3. The fraction of sp³-hybridized carbons (Fsp3) is 0.667. The molecule has 2 saturated carbocycles. The van der Waals surface area contributed by atoms with Crippen LogP contribution in [-0.4, -0.2) is 43.2 Å². The maximum absolute atomic E-state index is 13.5. The molecule has 3 heterocycles. The molecule has 1 N–H and O–H groups in total. The molecule has 34 heavy (non-hydrogen) atoms. The molecule has 2 saturated heterocycles. The molecule has 2 aliphatic heterocycles. The van der Waals surface area contributed by atoms with Gasteiger partial charge in [0.2, 0.25) is 0 Å². The fourth-order valence-corrected chi connectivity index (χ4v) is 8.09. The molecule has 4 bridgehead atoms. The number of carboxylic acids is 1. The summed E-state index contributed by atoms with van der Waals surface area (Å²) in [6.07, 6.45) is 13.3. The monoisotopic (exact) mass is 465 g/mol. The summed E-state index contributed by atoms with van der Waals surface area (Å²) in [5.41, 5.74) is -0.344. The molecule has 6 rings (SSSR count). The lowest BCUT2D eigenvalue weighted by Crippen LogP contribution is -2.59. The Morgan fingerprint density at radius 2 is 1.47 bits per heavy atom. The van der Waals surface area contributed by atoms with E-state index in [2.05, 4.69) is 4.90 Å². The van der Waals surface area contributed by atoms with E-state index >= 15 is 0 Å². The van der Waals surface area contributed by atoms with E-state index in [0.29, 0.717) is 29.0 Å². The number of carboxylic acid groups (broad SMARTS) is 1. The molecule has 1 aromatic heterocycles. The summed E-state index contributed by atoms with van der Waals surface area (Å²) in [6, 6.07) is 8.20. The van der Waals surface area contributed by atoms with Crippen molar-refractivity contribution in [2.45, 2.75) is 101 Å². The highest BCUT2D eigenvalue weighted by Crippen LogP contribution is 2.47. The Labute approximate surface area is 199 Å². The first-order valence-corrected chi connectivity index (χ1v) is 13.2. The zero-order chi connectivity index (χ0) is 23.4. The largest absolute Gasteiger partial charge is 0.480 e. The van der Waals surface area contributed by atoms with Crippen molar-refractivity contribution in [3.63, 3.8) is 0 Å². The van der Waals surface area contributed by atoms with Gasteiger partial charge in [-0.3, -0.25) is 23.6 Å². The third-order valence-corrected chi connectivity index (χ3v) is 9.27. The van der Waals surface area contributed by atoms with E-state index in [-0.39, 0.29) is 11.6 Å². The summed E-state index contributed by atoms with van der Waals surface area (Å²) >= 11 is 0. The number of benzene rings is 1. The zero-order valence-corrected chi connectivity index (χ0v) is 19.8. The van der Waals surface area contributed by atoms with E-state index in [9.17, 15) is 19.5 Å².